The molecule has 0 atom stereocenters. The average Bonchev–Trinajstić information content (AvgIpc) is 2.60. The molecule has 0 radical (unpaired) electrons. The number of hydrogen-bond donors (Lipinski definition) is 1. The molecule has 1 aliphatic rings. The Kier molecular flexibility index (Phi) is 6.23. The summed E-state index contributed by atoms with van der Waals surface area (Å²) in [5.41, 5.74) is 1.70. The second-order valence-electron chi connectivity index (χ2n) is 6.04. The third kappa shape index (κ3) is 4.75. The molecular weight excluding hydrogens is 306 g/mol. The quantitative estimate of drug-likeness (QED) is 0.841. The van der Waals surface area contributed by atoms with E-state index in [1.54, 1.807) is 11.0 Å². The molecule has 2 rings (SSSR count). The van der Waals surface area contributed by atoms with Gasteiger partial charge in [0.25, 0.3) is 5.91 Å². The lowest BCUT2D eigenvalue weighted by Gasteiger charge is -2.31. The third-order valence-electron chi connectivity index (χ3n) is 4.06. The van der Waals surface area contributed by atoms with E-state index in [1.807, 2.05) is 43.3 Å². The Bertz CT molecular complexity index is 576. The van der Waals surface area contributed by atoms with E-state index in [2.05, 4.69) is 11.9 Å². The van der Waals surface area contributed by atoms with Gasteiger partial charge in [-0.25, -0.2) is 4.79 Å². The Morgan fingerprint density at radius 3 is 2.46 bits per heavy atom. The smallest absolute Gasteiger partial charge is 0.410 e. The van der Waals surface area contributed by atoms with Crippen LogP contribution in [0.2, 0.25) is 0 Å². The lowest BCUT2D eigenvalue weighted by molar-refractivity contribution is 0.0874. The monoisotopic (exact) mass is 331 g/mol. The highest BCUT2D eigenvalue weighted by Crippen LogP contribution is 2.15. The predicted octanol–water partition coefficient (Wildman–Crippen LogP) is 2.27. The van der Waals surface area contributed by atoms with E-state index in [4.69, 9.17) is 4.74 Å². The summed E-state index contributed by atoms with van der Waals surface area (Å²) in [6.07, 6.45) is 2.68. The first-order chi connectivity index (χ1) is 11.5. The van der Waals surface area contributed by atoms with Crippen molar-refractivity contribution in [1.82, 2.24) is 10.2 Å². The molecule has 130 valence electrons. The maximum Gasteiger partial charge on any atom is 0.410 e. The predicted molar refractivity (Wildman–Crippen MR) is 94.4 cm³/mol. The van der Waals surface area contributed by atoms with E-state index in [1.165, 1.54) is 0 Å². The van der Waals surface area contributed by atoms with Gasteiger partial charge in [-0.05, 0) is 37.1 Å². The maximum absolute atomic E-state index is 12.3. The first-order valence-electron chi connectivity index (χ1n) is 8.12. The van der Waals surface area contributed by atoms with Crippen molar-refractivity contribution >= 4 is 17.7 Å². The van der Waals surface area contributed by atoms with Crippen LogP contribution in [0, 0.1) is 0 Å². The number of likely N-dealkylation sites (tertiary alicyclic amines) is 1. The first kappa shape index (κ1) is 17.8. The third-order valence-corrected chi connectivity index (χ3v) is 4.06. The Morgan fingerprint density at radius 1 is 1.29 bits per heavy atom. The highest BCUT2D eigenvalue weighted by atomic mass is 16.6. The van der Waals surface area contributed by atoms with Gasteiger partial charge in [-0.2, -0.15) is 0 Å². The molecule has 0 bridgehead atoms. The molecule has 0 saturated carbocycles. The number of hydrogen-bond acceptors (Lipinski definition) is 4. The largest absolute Gasteiger partial charge is 0.445 e. The van der Waals surface area contributed by atoms with Crippen molar-refractivity contribution in [2.45, 2.75) is 18.9 Å². The van der Waals surface area contributed by atoms with E-state index in [0.29, 0.717) is 18.7 Å². The van der Waals surface area contributed by atoms with Crippen molar-refractivity contribution in [3.8, 4) is 0 Å². The van der Waals surface area contributed by atoms with Crippen LogP contribution in [0.15, 0.2) is 36.9 Å². The molecule has 1 heterocycles. The molecule has 1 saturated heterocycles. The van der Waals surface area contributed by atoms with Crippen molar-refractivity contribution in [3.63, 3.8) is 0 Å². The first-order valence-corrected chi connectivity index (χ1v) is 8.12. The SMILES string of the molecule is C=CCOC(=O)N1CCC(NC(=O)c2ccc(N(C)C)cc2)CC1. The summed E-state index contributed by atoms with van der Waals surface area (Å²) in [5.74, 6) is -0.0759. The molecule has 1 fully saturated rings. The fourth-order valence-corrected chi connectivity index (χ4v) is 2.61. The molecule has 6 nitrogen and oxygen atoms in total. The van der Waals surface area contributed by atoms with Gasteiger partial charge in [-0.3, -0.25) is 4.79 Å². The molecule has 1 aromatic carbocycles. The summed E-state index contributed by atoms with van der Waals surface area (Å²) >= 11 is 0. The van der Waals surface area contributed by atoms with Crippen LogP contribution in [0.5, 0.6) is 0 Å². The van der Waals surface area contributed by atoms with Crippen molar-refractivity contribution < 1.29 is 14.3 Å². The van der Waals surface area contributed by atoms with E-state index in [9.17, 15) is 9.59 Å². The fourth-order valence-electron chi connectivity index (χ4n) is 2.61. The van der Waals surface area contributed by atoms with Crippen LogP contribution in [0.25, 0.3) is 0 Å². The molecule has 0 unspecified atom stereocenters. The van der Waals surface area contributed by atoms with Crippen LogP contribution < -0.4 is 10.2 Å². The number of carbonyl (C=O) groups excluding carboxylic acids is 2. The summed E-state index contributed by atoms with van der Waals surface area (Å²) in [5, 5.41) is 3.04. The molecule has 24 heavy (non-hydrogen) atoms. The van der Waals surface area contributed by atoms with E-state index < -0.39 is 0 Å². The number of nitrogens with one attached hydrogen (secondary N) is 1. The summed E-state index contributed by atoms with van der Waals surface area (Å²) in [4.78, 5) is 27.7. The second kappa shape index (κ2) is 8.38. The number of carbonyl (C=O) groups is 2. The highest BCUT2D eigenvalue weighted by molar-refractivity contribution is 5.94. The van der Waals surface area contributed by atoms with Gasteiger partial charge in [-0.1, -0.05) is 12.7 Å². The number of ether oxygens (including phenoxy) is 1. The van der Waals surface area contributed by atoms with Crippen molar-refractivity contribution in [3.05, 3.63) is 42.5 Å². The lowest BCUT2D eigenvalue weighted by Crippen LogP contribution is -2.46. The number of anilines is 1. The second-order valence-corrected chi connectivity index (χ2v) is 6.04. The molecule has 2 amide bonds. The van der Waals surface area contributed by atoms with E-state index >= 15 is 0 Å². The van der Waals surface area contributed by atoms with Crippen LogP contribution in [0.4, 0.5) is 10.5 Å². The van der Waals surface area contributed by atoms with Crippen LogP contribution in [-0.4, -0.2) is 56.7 Å². The maximum atomic E-state index is 12.3. The van der Waals surface area contributed by atoms with Gasteiger partial charge in [0, 0.05) is 44.5 Å². The Labute approximate surface area is 143 Å². The van der Waals surface area contributed by atoms with E-state index in [0.717, 1.165) is 18.5 Å². The topological polar surface area (TPSA) is 61.9 Å². The van der Waals surface area contributed by atoms with Crippen LogP contribution in [0.1, 0.15) is 23.2 Å². The Balaban J connectivity index is 1.81. The molecule has 6 heteroatoms. The zero-order valence-corrected chi connectivity index (χ0v) is 14.3. The summed E-state index contributed by atoms with van der Waals surface area (Å²) in [6, 6.07) is 7.58. The molecule has 1 aliphatic heterocycles. The Hall–Kier alpha value is -2.50. The molecule has 1 N–H and O–H groups in total. The normalized spacial score (nSPS) is 14.8. The summed E-state index contributed by atoms with van der Waals surface area (Å²) in [6.45, 7) is 4.91. The van der Waals surface area contributed by atoms with Gasteiger partial charge in [0.05, 0.1) is 0 Å². The summed E-state index contributed by atoms with van der Waals surface area (Å²) in [7, 11) is 3.92. The number of piperidine rings is 1. The van der Waals surface area contributed by atoms with Gasteiger partial charge in [-0.15, -0.1) is 0 Å². The summed E-state index contributed by atoms with van der Waals surface area (Å²) < 4.78 is 5.02. The number of amides is 2. The minimum absolute atomic E-state index is 0.0759. The number of nitrogens with zero attached hydrogens (tertiary/aromatic N) is 2. The minimum atomic E-state index is -0.320. The van der Waals surface area contributed by atoms with Gasteiger partial charge >= 0.3 is 6.09 Å². The van der Waals surface area contributed by atoms with Gasteiger partial charge in [0.1, 0.15) is 6.61 Å². The molecular formula is C18H25N3O3. The molecule has 1 aromatic rings. The van der Waals surface area contributed by atoms with Gasteiger partial charge < -0.3 is 19.9 Å². The fraction of sp³-hybridized carbons (Fsp3) is 0.444. The number of benzene rings is 1. The van der Waals surface area contributed by atoms with Crippen molar-refractivity contribution in [1.29, 1.82) is 0 Å². The Morgan fingerprint density at radius 2 is 1.92 bits per heavy atom. The zero-order valence-electron chi connectivity index (χ0n) is 14.3. The standard InChI is InChI=1S/C18H25N3O3/c1-4-13-24-18(23)21-11-9-15(10-12-21)19-17(22)14-5-7-16(8-6-14)20(2)3/h4-8,15H,1,9-13H2,2-3H3,(H,19,22). The number of rotatable bonds is 5. The van der Waals surface area contributed by atoms with Crippen molar-refractivity contribution in [2.75, 3.05) is 38.7 Å². The zero-order chi connectivity index (χ0) is 17.5. The van der Waals surface area contributed by atoms with Gasteiger partial charge in [0.15, 0.2) is 0 Å². The van der Waals surface area contributed by atoms with Gasteiger partial charge in [0.2, 0.25) is 0 Å². The van der Waals surface area contributed by atoms with Crippen LogP contribution in [0.3, 0.4) is 0 Å². The average molecular weight is 331 g/mol. The van der Waals surface area contributed by atoms with Crippen molar-refractivity contribution in [2.24, 2.45) is 0 Å². The lowest BCUT2D eigenvalue weighted by atomic mass is 10.0. The molecule has 0 spiro atoms. The highest BCUT2D eigenvalue weighted by Gasteiger charge is 2.24. The minimum Gasteiger partial charge on any atom is -0.445 e. The molecule has 0 aliphatic carbocycles. The van der Waals surface area contributed by atoms with E-state index in [-0.39, 0.29) is 24.6 Å². The molecule has 0 aromatic heterocycles. The van der Waals surface area contributed by atoms with Crippen LogP contribution >= 0.6 is 0 Å². The van der Waals surface area contributed by atoms with Crippen LogP contribution in [-0.2, 0) is 4.74 Å².